The quantitative estimate of drug-likeness (QED) is 0.899. The molecule has 1 aromatic carbocycles. The molecule has 2 heterocycles. The fourth-order valence-corrected chi connectivity index (χ4v) is 3.49. The Morgan fingerprint density at radius 2 is 2.24 bits per heavy atom. The van der Waals surface area contributed by atoms with E-state index in [1.807, 2.05) is 27.0 Å². The second-order valence-corrected chi connectivity index (χ2v) is 6.63. The van der Waals surface area contributed by atoms with Crippen molar-refractivity contribution in [1.29, 1.82) is 0 Å². The lowest BCUT2D eigenvalue weighted by molar-refractivity contribution is -0.119. The summed E-state index contributed by atoms with van der Waals surface area (Å²) in [6.45, 7) is 5.65. The lowest BCUT2D eigenvalue weighted by Crippen LogP contribution is -2.31. The number of benzene rings is 1. The molecule has 0 bridgehead atoms. The molecule has 0 saturated carbocycles. The Kier molecular flexibility index (Phi) is 3.76. The van der Waals surface area contributed by atoms with Crippen LogP contribution >= 0.6 is 0 Å². The smallest absolute Gasteiger partial charge is 0.234 e. The molecule has 2 aliphatic heterocycles. The van der Waals surface area contributed by atoms with Crippen molar-refractivity contribution in [1.82, 2.24) is 5.32 Å². The van der Waals surface area contributed by atoms with Crippen molar-refractivity contribution in [3.05, 3.63) is 29.3 Å². The Labute approximate surface area is 126 Å². The molecule has 2 unspecified atom stereocenters. The molecule has 0 radical (unpaired) electrons. The highest BCUT2D eigenvalue weighted by molar-refractivity contribution is 6.05. The fraction of sp³-hybridized carbons (Fsp3) is 0.588. The summed E-state index contributed by atoms with van der Waals surface area (Å²) in [5.41, 5.74) is 2.84. The van der Waals surface area contributed by atoms with Gasteiger partial charge in [-0.3, -0.25) is 4.79 Å². The molecule has 2 atom stereocenters. The molecule has 1 aromatic rings. The molecule has 21 heavy (non-hydrogen) atoms. The summed E-state index contributed by atoms with van der Waals surface area (Å²) in [7, 11) is 2.00. The number of nitrogens with one attached hydrogen (secondary N) is 2. The molecular weight excluding hydrogens is 264 g/mol. The van der Waals surface area contributed by atoms with E-state index in [2.05, 4.69) is 22.8 Å². The number of hydrogen-bond acceptors (Lipinski definition) is 3. The summed E-state index contributed by atoms with van der Waals surface area (Å²) in [4.78, 5) is 12.1. The Hall–Kier alpha value is -1.39. The number of anilines is 1. The van der Waals surface area contributed by atoms with Crippen molar-refractivity contribution in [2.75, 3.05) is 25.6 Å². The van der Waals surface area contributed by atoms with E-state index in [0.29, 0.717) is 5.92 Å². The second kappa shape index (κ2) is 5.43. The Balaban J connectivity index is 1.92. The number of carbonyl (C=O) groups excluding carboxylic acids is 1. The molecule has 1 saturated heterocycles. The zero-order valence-electron chi connectivity index (χ0n) is 13.0. The standard InChI is InChI=1S/C17H24N2O2/c1-17(2)13-9-11(6-7-14(13)19-16(17)20)15(18-3)12-5-4-8-21-10-12/h6-7,9,12,15,18H,4-5,8,10H2,1-3H3,(H,19,20). The SMILES string of the molecule is CNC(c1ccc2c(c1)C(C)(C)C(=O)N2)C1CCCOC1. The van der Waals surface area contributed by atoms with Crippen molar-refractivity contribution < 1.29 is 9.53 Å². The van der Waals surface area contributed by atoms with E-state index in [4.69, 9.17) is 4.74 Å². The Morgan fingerprint density at radius 3 is 2.90 bits per heavy atom. The predicted octanol–water partition coefficient (Wildman–Crippen LogP) is 2.60. The van der Waals surface area contributed by atoms with Gasteiger partial charge in [0.2, 0.25) is 5.91 Å². The second-order valence-electron chi connectivity index (χ2n) is 6.63. The average Bonchev–Trinajstić information content (AvgIpc) is 2.72. The molecule has 0 aromatic heterocycles. The number of amides is 1. The predicted molar refractivity (Wildman–Crippen MR) is 83.4 cm³/mol. The van der Waals surface area contributed by atoms with Crippen molar-refractivity contribution in [2.24, 2.45) is 5.92 Å². The van der Waals surface area contributed by atoms with Gasteiger partial charge in [0.25, 0.3) is 0 Å². The maximum atomic E-state index is 12.1. The van der Waals surface area contributed by atoms with Crippen LogP contribution in [0, 0.1) is 5.92 Å². The van der Waals surface area contributed by atoms with E-state index in [0.717, 1.165) is 30.9 Å². The number of hydrogen-bond donors (Lipinski definition) is 2. The van der Waals surface area contributed by atoms with Gasteiger partial charge in [0.05, 0.1) is 12.0 Å². The van der Waals surface area contributed by atoms with Crippen LogP contribution < -0.4 is 10.6 Å². The van der Waals surface area contributed by atoms with Gasteiger partial charge in [-0.2, -0.15) is 0 Å². The van der Waals surface area contributed by atoms with Crippen LogP contribution in [-0.4, -0.2) is 26.2 Å². The van der Waals surface area contributed by atoms with Gasteiger partial charge in [0.1, 0.15) is 0 Å². The van der Waals surface area contributed by atoms with Gasteiger partial charge in [-0.1, -0.05) is 12.1 Å². The third-order valence-electron chi connectivity index (χ3n) is 4.87. The summed E-state index contributed by atoms with van der Waals surface area (Å²) in [5.74, 6) is 0.576. The highest BCUT2D eigenvalue weighted by Gasteiger charge is 2.39. The summed E-state index contributed by atoms with van der Waals surface area (Å²) >= 11 is 0. The van der Waals surface area contributed by atoms with Gasteiger partial charge in [-0.05, 0) is 50.9 Å². The van der Waals surface area contributed by atoms with Gasteiger partial charge in [0.15, 0.2) is 0 Å². The van der Waals surface area contributed by atoms with Crippen LogP contribution in [0.15, 0.2) is 18.2 Å². The first-order chi connectivity index (χ1) is 10.0. The van der Waals surface area contributed by atoms with E-state index < -0.39 is 5.41 Å². The average molecular weight is 288 g/mol. The van der Waals surface area contributed by atoms with Crippen molar-refractivity contribution in [3.63, 3.8) is 0 Å². The third-order valence-corrected chi connectivity index (χ3v) is 4.87. The first-order valence-electron chi connectivity index (χ1n) is 7.75. The summed E-state index contributed by atoms with van der Waals surface area (Å²) in [6.07, 6.45) is 2.31. The molecule has 4 heteroatoms. The lowest BCUT2D eigenvalue weighted by atomic mass is 9.82. The van der Waals surface area contributed by atoms with Gasteiger partial charge in [0, 0.05) is 24.3 Å². The van der Waals surface area contributed by atoms with Gasteiger partial charge < -0.3 is 15.4 Å². The first-order valence-corrected chi connectivity index (χ1v) is 7.75. The molecule has 2 aliphatic rings. The van der Waals surface area contributed by atoms with Gasteiger partial charge >= 0.3 is 0 Å². The largest absolute Gasteiger partial charge is 0.381 e. The maximum Gasteiger partial charge on any atom is 0.234 e. The normalized spacial score (nSPS) is 25.3. The van der Waals surface area contributed by atoms with E-state index in [-0.39, 0.29) is 11.9 Å². The minimum Gasteiger partial charge on any atom is -0.381 e. The molecule has 114 valence electrons. The maximum absolute atomic E-state index is 12.1. The van der Waals surface area contributed by atoms with Gasteiger partial charge in [-0.25, -0.2) is 0 Å². The summed E-state index contributed by atoms with van der Waals surface area (Å²) in [6, 6.07) is 6.62. The number of ether oxygens (including phenoxy) is 1. The molecule has 4 nitrogen and oxygen atoms in total. The van der Waals surface area contributed by atoms with Crippen LogP contribution in [0.4, 0.5) is 5.69 Å². The topological polar surface area (TPSA) is 50.4 Å². The van der Waals surface area contributed by atoms with Crippen LogP contribution in [-0.2, 0) is 14.9 Å². The lowest BCUT2D eigenvalue weighted by Gasteiger charge is -2.31. The van der Waals surface area contributed by atoms with Crippen molar-refractivity contribution in [2.45, 2.75) is 38.1 Å². The zero-order valence-corrected chi connectivity index (χ0v) is 13.0. The minimum absolute atomic E-state index is 0.0802. The van der Waals surface area contributed by atoms with Crippen LogP contribution in [0.25, 0.3) is 0 Å². The van der Waals surface area contributed by atoms with Crippen molar-refractivity contribution >= 4 is 11.6 Å². The van der Waals surface area contributed by atoms with Crippen LogP contribution in [0.1, 0.15) is 43.9 Å². The third kappa shape index (κ3) is 2.47. The van der Waals surface area contributed by atoms with Gasteiger partial charge in [-0.15, -0.1) is 0 Å². The highest BCUT2D eigenvalue weighted by atomic mass is 16.5. The molecule has 3 rings (SSSR count). The highest BCUT2D eigenvalue weighted by Crippen LogP contribution is 2.40. The minimum atomic E-state index is -0.452. The first kappa shape index (κ1) is 14.5. The fourth-order valence-electron chi connectivity index (χ4n) is 3.49. The number of fused-ring (bicyclic) bond motifs is 1. The molecule has 0 aliphatic carbocycles. The van der Waals surface area contributed by atoms with E-state index >= 15 is 0 Å². The monoisotopic (exact) mass is 288 g/mol. The van der Waals surface area contributed by atoms with Crippen LogP contribution in [0.5, 0.6) is 0 Å². The summed E-state index contributed by atoms with van der Waals surface area (Å²) < 4.78 is 5.63. The molecule has 1 fully saturated rings. The van der Waals surface area contributed by atoms with Crippen LogP contribution in [0.3, 0.4) is 0 Å². The molecule has 1 amide bonds. The Bertz CT molecular complexity index is 548. The zero-order chi connectivity index (χ0) is 15.0. The number of carbonyl (C=O) groups is 1. The van der Waals surface area contributed by atoms with E-state index in [9.17, 15) is 4.79 Å². The van der Waals surface area contributed by atoms with Crippen molar-refractivity contribution in [3.8, 4) is 0 Å². The van der Waals surface area contributed by atoms with E-state index in [1.54, 1.807) is 0 Å². The molecule has 2 N–H and O–H groups in total. The Morgan fingerprint density at radius 1 is 1.43 bits per heavy atom. The van der Waals surface area contributed by atoms with Crippen LogP contribution in [0.2, 0.25) is 0 Å². The molecular formula is C17H24N2O2. The number of rotatable bonds is 3. The summed E-state index contributed by atoms with van der Waals surface area (Å²) in [5, 5.41) is 6.40. The van der Waals surface area contributed by atoms with E-state index in [1.165, 1.54) is 12.0 Å². The molecule has 0 spiro atoms.